The molecule has 0 bridgehead atoms. The van der Waals surface area contributed by atoms with Gasteiger partial charge in [0.05, 0.1) is 6.61 Å². The summed E-state index contributed by atoms with van der Waals surface area (Å²) in [4.78, 5) is 24.3. The molecule has 0 spiro atoms. The van der Waals surface area contributed by atoms with Gasteiger partial charge in [-0.05, 0) is 26.3 Å². The van der Waals surface area contributed by atoms with Crippen molar-refractivity contribution >= 4 is 19.6 Å². The minimum atomic E-state index is -1.01. The Morgan fingerprint density at radius 3 is 2.88 bits per heavy atom. The topological polar surface area (TPSA) is 106 Å². The molecule has 2 aliphatic heterocycles. The van der Waals surface area contributed by atoms with E-state index >= 15 is 0 Å². The fourth-order valence-electron chi connectivity index (χ4n) is 3.80. The van der Waals surface area contributed by atoms with Crippen molar-refractivity contribution in [3.05, 3.63) is 0 Å². The Kier molecular flexibility index (Phi) is 7.52. The maximum Gasteiger partial charge on any atom is 0.511 e. The highest BCUT2D eigenvalue weighted by Gasteiger charge is 2.55. The Balaban J connectivity index is 1.99. The molecule has 25 heavy (non-hydrogen) atoms. The molecule has 4 atom stereocenters. The van der Waals surface area contributed by atoms with E-state index in [1.54, 1.807) is 6.92 Å². The van der Waals surface area contributed by atoms with E-state index in [4.69, 9.17) is 19.2 Å². The predicted octanol–water partition coefficient (Wildman–Crippen LogP) is 0.569. The number of carbonyl (C=O) groups is 2. The molecule has 2 rings (SSSR count). The van der Waals surface area contributed by atoms with Gasteiger partial charge in [-0.2, -0.15) is 0 Å². The van der Waals surface area contributed by atoms with E-state index in [0.29, 0.717) is 19.3 Å². The van der Waals surface area contributed by atoms with E-state index in [1.165, 1.54) is 6.92 Å². The number of unbranched alkanes of at least 4 members (excludes halogenated alkanes) is 1. The van der Waals surface area contributed by atoms with Gasteiger partial charge in [-0.15, -0.1) is 0 Å². The van der Waals surface area contributed by atoms with Crippen LogP contribution in [0.4, 0.5) is 4.79 Å². The highest BCUT2D eigenvalue weighted by atomic mass is 16.8. The molecule has 0 amide bonds. The normalized spacial score (nSPS) is 28.9. The van der Waals surface area contributed by atoms with Gasteiger partial charge in [-0.1, -0.05) is 19.2 Å². The maximum atomic E-state index is 12.9. The van der Waals surface area contributed by atoms with Crippen molar-refractivity contribution in [1.82, 2.24) is 10.6 Å². The Morgan fingerprint density at radius 2 is 2.16 bits per heavy atom. The molecule has 141 valence electrons. The van der Waals surface area contributed by atoms with E-state index in [0.717, 1.165) is 33.3 Å². The lowest BCUT2D eigenvalue weighted by atomic mass is 9.78. The van der Waals surface area contributed by atoms with Crippen LogP contribution in [0, 0.1) is 5.92 Å². The molecule has 0 saturated carbocycles. The quantitative estimate of drug-likeness (QED) is 0.239. The molecule has 2 saturated heterocycles. The summed E-state index contributed by atoms with van der Waals surface area (Å²) in [6, 6.07) is 0.248. The molecule has 1 radical (unpaired) electrons. The number of esters is 1. The fraction of sp³-hybridized carbons (Fsp3) is 0.875. The largest absolute Gasteiger partial charge is 0.511 e. The van der Waals surface area contributed by atoms with Gasteiger partial charge in [0.1, 0.15) is 5.54 Å². The minimum Gasteiger partial charge on any atom is -0.454 e. The minimum absolute atomic E-state index is 0.146. The molecule has 0 aromatic carbocycles. The number of ether oxygens (including phenoxy) is 3. The molecule has 2 aliphatic rings. The van der Waals surface area contributed by atoms with Gasteiger partial charge in [0, 0.05) is 25.4 Å². The molecule has 3 N–H and O–H groups in total. The second-order valence-electron chi connectivity index (χ2n) is 6.51. The molecule has 0 aromatic heterocycles. The first-order valence-corrected chi connectivity index (χ1v) is 9.02. The van der Waals surface area contributed by atoms with Crippen molar-refractivity contribution in [2.75, 3.05) is 19.7 Å². The van der Waals surface area contributed by atoms with E-state index in [2.05, 4.69) is 10.6 Å². The van der Waals surface area contributed by atoms with E-state index < -0.39 is 24.0 Å². The molecule has 0 aliphatic carbocycles. The number of hydrogen-bond donors (Lipinski definition) is 3. The Morgan fingerprint density at radius 1 is 1.36 bits per heavy atom. The molecule has 0 aromatic rings. The van der Waals surface area contributed by atoms with Crippen LogP contribution >= 0.6 is 0 Å². The van der Waals surface area contributed by atoms with Crippen molar-refractivity contribution in [1.29, 1.82) is 0 Å². The smallest absolute Gasteiger partial charge is 0.454 e. The average Bonchev–Trinajstić information content (AvgIpc) is 3.15. The number of nitrogens with one attached hydrogen (secondary N) is 2. The lowest BCUT2D eigenvalue weighted by Gasteiger charge is -2.33. The van der Waals surface area contributed by atoms with Crippen LogP contribution in [0.1, 0.15) is 39.5 Å². The monoisotopic (exact) mass is 355 g/mol. The number of fused-ring (bicyclic) bond motifs is 1. The zero-order chi connectivity index (χ0) is 18.3. The van der Waals surface area contributed by atoms with Crippen LogP contribution < -0.4 is 10.6 Å². The summed E-state index contributed by atoms with van der Waals surface area (Å²) in [5, 5.41) is 15.6. The Labute approximate surface area is 149 Å². The second kappa shape index (κ2) is 9.40. The van der Waals surface area contributed by atoms with Crippen LogP contribution in [-0.4, -0.2) is 62.2 Å². The molecular weight excluding hydrogens is 327 g/mol. The van der Waals surface area contributed by atoms with Gasteiger partial charge in [0.15, 0.2) is 0 Å². The third-order valence-electron chi connectivity index (χ3n) is 4.93. The van der Waals surface area contributed by atoms with Crippen LogP contribution in [0.25, 0.3) is 0 Å². The molecular formula is C16H28BN2O6. The van der Waals surface area contributed by atoms with Gasteiger partial charge in [-0.3, -0.25) is 0 Å². The van der Waals surface area contributed by atoms with Crippen LogP contribution in [0.5, 0.6) is 0 Å². The first kappa shape index (κ1) is 20.0. The summed E-state index contributed by atoms with van der Waals surface area (Å²) in [6.07, 6.45) is 1.84. The third-order valence-corrected chi connectivity index (χ3v) is 4.93. The van der Waals surface area contributed by atoms with Gasteiger partial charge in [0.25, 0.3) is 7.48 Å². The average molecular weight is 355 g/mol. The van der Waals surface area contributed by atoms with Crippen molar-refractivity contribution in [3.63, 3.8) is 0 Å². The van der Waals surface area contributed by atoms with E-state index in [-0.39, 0.29) is 18.6 Å². The summed E-state index contributed by atoms with van der Waals surface area (Å²) in [7, 11) is 1.14. The van der Waals surface area contributed by atoms with Crippen LogP contribution in [0.2, 0.25) is 6.32 Å². The number of hydrogen-bond acceptors (Lipinski definition) is 8. The summed E-state index contributed by atoms with van der Waals surface area (Å²) in [5.41, 5.74) is -0.782. The highest BCUT2D eigenvalue weighted by molar-refractivity contribution is 6.25. The predicted molar refractivity (Wildman–Crippen MR) is 90.9 cm³/mol. The lowest BCUT2D eigenvalue weighted by Crippen LogP contribution is -2.54. The van der Waals surface area contributed by atoms with Gasteiger partial charge in [-0.25, -0.2) is 9.59 Å². The van der Waals surface area contributed by atoms with Crippen LogP contribution in [0.3, 0.4) is 0 Å². The highest BCUT2D eigenvalue weighted by Crippen LogP contribution is 2.38. The van der Waals surface area contributed by atoms with E-state index in [9.17, 15) is 9.59 Å². The second-order valence-corrected chi connectivity index (χ2v) is 6.51. The van der Waals surface area contributed by atoms with Crippen molar-refractivity contribution in [2.45, 2.75) is 63.7 Å². The van der Waals surface area contributed by atoms with Crippen molar-refractivity contribution in [2.24, 2.45) is 5.92 Å². The van der Waals surface area contributed by atoms with Crippen molar-refractivity contribution < 1.29 is 28.8 Å². The summed E-state index contributed by atoms with van der Waals surface area (Å²) >= 11 is 0. The summed E-state index contributed by atoms with van der Waals surface area (Å²) < 4.78 is 15.0. The molecule has 9 heteroatoms. The SMILES string of the molecule is CCOC(=O)OC(C)OC(=O)[C@]1(CCCC[B]O)NC[C@@H]2NCC[C@@H]21. The first-order chi connectivity index (χ1) is 12.0. The standard InChI is InChI=1S/C16H28BN2O6/c1-3-23-15(21)25-11(2)24-14(20)16(7-4-5-8-17-22)12-6-9-18-13(12)10-19-16/h11-13,18-19,22H,3-10H2,1-2H3/t11?,12-,13-,16+/m0/s1. The zero-order valence-corrected chi connectivity index (χ0v) is 15.0. The van der Waals surface area contributed by atoms with Crippen molar-refractivity contribution in [3.8, 4) is 0 Å². The third kappa shape index (κ3) is 4.86. The van der Waals surface area contributed by atoms with Gasteiger partial charge < -0.3 is 29.9 Å². The zero-order valence-electron chi connectivity index (χ0n) is 15.0. The molecule has 2 heterocycles. The summed E-state index contributed by atoms with van der Waals surface area (Å²) in [5.74, 6) is -0.249. The molecule has 8 nitrogen and oxygen atoms in total. The fourth-order valence-corrected chi connectivity index (χ4v) is 3.80. The summed E-state index contributed by atoms with van der Waals surface area (Å²) in [6.45, 7) is 4.96. The van der Waals surface area contributed by atoms with Gasteiger partial charge >= 0.3 is 12.1 Å². The molecule has 1 unspecified atom stereocenters. The first-order valence-electron chi connectivity index (χ1n) is 9.02. The maximum absolute atomic E-state index is 12.9. The Bertz CT molecular complexity index is 466. The van der Waals surface area contributed by atoms with Crippen LogP contribution in [-0.2, 0) is 19.0 Å². The van der Waals surface area contributed by atoms with Gasteiger partial charge in [0.2, 0.25) is 6.29 Å². The number of carbonyl (C=O) groups excluding carboxylic acids is 2. The van der Waals surface area contributed by atoms with Crippen LogP contribution in [0.15, 0.2) is 0 Å². The van der Waals surface area contributed by atoms with E-state index in [1.807, 2.05) is 0 Å². The lowest BCUT2D eigenvalue weighted by molar-refractivity contribution is -0.177. The number of rotatable bonds is 9. The molecule has 2 fully saturated rings. The Hall–Kier alpha value is -1.32.